The second-order valence-electron chi connectivity index (χ2n) is 6.61. The van der Waals surface area contributed by atoms with Crippen LogP contribution in [0.25, 0.3) is 42.4 Å². The number of fused-ring (bicyclic) bond motifs is 3. The van der Waals surface area contributed by atoms with Crippen LogP contribution in [0.15, 0.2) is 91.0 Å². The van der Waals surface area contributed by atoms with Crippen LogP contribution < -0.4 is 4.65 Å². The molecule has 0 aliphatic carbocycles. The molecule has 1 radical (unpaired) electrons. The summed E-state index contributed by atoms with van der Waals surface area (Å²) in [6.07, 6.45) is 0. The summed E-state index contributed by atoms with van der Waals surface area (Å²) in [6.45, 7) is 0. The fourth-order valence-corrected chi connectivity index (χ4v) is 4.89. The van der Waals surface area contributed by atoms with Crippen LogP contribution in [0.5, 0.6) is 5.75 Å². The zero-order chi connectivity index (χ0) is 18.9. The van der Waals surface area contributed by atoms with Crippen LogP contribution in [0.4, 0.5) is 0 Å². The molecule has 0 saturated heterocycles. The van der Waals surface area contributed by atoms with E-state index in [0.29, 0.717) is 13.4 Å². The molecule has 2 nitrogen and oxygen atoms in total. The van der Waals surface area contributed by atoms with Crippen molar-refractivity contribution in [1.82, 2.24) is 0 Å². The zero-order valence-electron chi connectivity index (χ0n) is 15.0. The lowest BCUT2D eigenvalue weighted by Crippen LogP contribution is -1.99. The van der Waals surface area contributed by atoms with E-state index in [0.717, 1.165) is 11.1 Å². The van der Waals surface area contributed by atoms with Gasteiger partial charge in [0.25, 0.3) is 0 Å². The third kappa shape index (κ3) is 2.97. The third-order valence-electron chi connectivity index (χ3n) is 4.93. The largest absolute Gasteiger partial charge is 0.569 e. The fourth-order valence-electron chi connectivity index (χ4n) is 3.65. The lowest BCUT2D eigenvalue weighted by Gasteiger charge is -2.09. The van der Waals surface area contributed by atoms with Crippen LogP contribution in [0, 0.1) is 0 Å². The van der Waals surface area contributed by atoms with Gasteiger partial charge in [-0.3, -0.25) is 0 Å². The highest BCUT2D eigenvalue weighted by atomic mass is 32.1. The van der Waals surface area contributed by atoms with Gasteiger partial charge in [0.05, 0.1) is 0 Å². The maximum absolute atomic E-state index is 8.89. The van der Waals surface area contributed by atoms with E-state index >= 15 is 0 Å². The van der Waals surface area contributed by atoms with Crippen molar-refractivity contribution in [3.8, 4) is 28.0 Å². The molecule has 5 aromatic rings. The van der Waals surface area contributed by atoms with Gasteiger partial charge >= 0.3 is 7.69 Å². The third-order valence-corrected chi connectivity index (χ3v) is 6.15. The Hall–Kier alpha value is -3.08. The predicted molar refractivity (Wildman–Crippen MR) is 119 cm³/mol. The summed E-state index contributed by atoms with van der Waals surface area (Å²) in [5, 5.41) is 11.5. The van der Waals surface area contributed by atoms with Crippen LogP contribution in [0.1, 0.15) is 0 Å². The SMILES string of the molecule is O[B]Oc1cccc(-c2cccc(-c3cccc4c3sc3ccccc34)c2)c1. The molecule has 0 saturated carbocycles. The van der Waals surface area contributed by atoms with Gasteiger partial charge in [0.1, 0.15) is 5.75 Å². The second kappa shape index (κ2) is 7.15. The van der Waals surface area contributed by atoms with Crippen molar-refractivity contribution in [2.45, 2.75) is 0 Å². The standard InChI is InChI=1S/C24H16BO2S/c26-25-27-19-9-4-7-17(15-19)16-6-3-8-18(14-16)20-11-5-12-22-21-10-1-2-13-23(21)28-24(20)22/h1-15,26H. The minimum atomic E-state index is 0.608. The normalized spacial score (nSPS) is 11.0. The first-order valence-corrected chi connectivity index (χ1v) is 9.89. The summed E-state index contributed by atoms with van der Waals surface area (Å²) in [4.78, 5) is 0. The first kappa shape index (κ1) is 17.1. The average molecular weight is 379 g/mol. The van der Waals surface area contributed by atoms with Gasteiger partial charge in [-0.1, -0.05) is 66.7 Å². The van der Waals surface area contributed by atoms with Gasteiger partial charge in [-0.25, -0.2) is 0 Å². The van der Waals surface area contributed by atoms with Gasteiger partial charge in [0.15, 0.2) is 0 Å². The highest BCUT2D eigenvalue weighted by Gasteiger charge is 2.11. The molecule has 133 valence electrons. The molecule has 4 aromatic carbocycles. The Balaban J connectivity index is 1.65. The Morgan fingerprint density at radius 3 is 2.29 bits per heavy atom. The van der Waals surface area contributed by atoms with Gasteiger partial charge in [-0.2, -0.15) is 0 Å². The highest BCUT2D eigenvalue weighted by molar-refractivity contribution is 7.26. The lowest BCUT2D eigenvalue weighted by atomic mass is 9.98. The Morgan fingerprint density at radius 2 is 1.39 bits per heavy atom. The molecule has 0 atom stereocenters. The van der Waals surface area contributed by atoms with Gasteiger partial charge in [0.2, 0.25) is 0 Å². The number of hydrogen-bond acceptors (Lipinski definition) is 3. The number of hydrogen-bond donors (Lipinski definition) is 1. The molecular weight excluding hydrogens is 363 g/mol. The molecule has 0 unspecified atom stereocenters. The highest BCUT2D eigenvalue weighted by Crippen LogP contribution is 2.40. The van der Waals surface area contributed by atoms with E-state index in [-0.39, 0.29) is 0 Å². The number of benzene rings is 4. The van der Waals surface area contributed by atoms with E-state index in [9.17, 15) is 0 Å². The summed E-state index contributed by atoms with van der Waals surface area (Å²) in [5.74, 6) is 0.608. The summed E-state index contributed by atoms with van der Waals surface area (Å²) >= 11 is 1.84. The topological polar surface area (TPSA) is 29.5 Å². The van der Waals surface area contributed by atoms with Crippen LogP contribution in [-0.2, 0) is 0 Å². The Morgan fingerprint density at radius 1 is 0.679 bits per heavy atom. The molecule has 0 aliphatic rings. The van der Waals surface area contributed by atoms with Crippen LogP contribution in [0.2, 0.25) is 0 Å². The lowest BCUT2D eigenvalue weighted by molar-refractivity contribution is 0.454. The van der Waals surface area contributed by atoms with Gasteiger partial charge in [0, 0.05) is 20.2 Å². The summed E-state index contributed by atoms with van der Waals surface area (Å²) in [7, 11) is 0.706. The quantitative estimate of drug-likeness (QED) is 0.372. The van der Waals surface area contributed by atoms with Gasteiger partial charge < -0.3 is 9.68 Å². The Labute approximate surface area is 168 Å². The summed E-state index contributed by atoms with van der Waals surface area (Å²) in [6, 6.07) is 31.4. The maximum Gasteiger partial charge on any atom is 0.569 e. The van der Waals surface area contributed by atoms with Crippen LogP contribution in [-0.4, -0.2) is 12.7 Å². The summed E-state index contributed by atoms with van der Waals surface area (Å²) < 4.78 is 7.73. The van der Waals surface area contributed by atoms with Crippen LogP contribution >= 0.6 is 11.3 Å². The van der Waals surface area contributed by atoms with E-state index in [4.69, 9.17) is 9.68 Å². The van der Waals surface area contributed by atoms with E-state index in [2.05, 4.69) is 66.7 Å². The molecule has 1 aromatic heterocycles. The minimum absolute atomic E-state index is 0.608. The number of thiophene rings is 1. The van der Waals surface area contributed by atoms with E-state index in [1.165, 1.54) is 31.3 Å². The molecule has 0 bridgehead atoms. The Kier molecular flexibility index (Phi) is 4.36. The van der Waals surface area contributed by atoms with Crippen LogP contribution in [0.3, 0.4) is 0 Å². The predicted octanol–water partition coefficient (Wildman–Crippen LogP) is 6.29. The zero-order valence-corrected chi connectivity index (χ0v) is 15.8. The second-order valence-corrected chi connectivity index (χ2v) is 7.66. The van der Waals surface area contributed by atoms with Crippen molar-refractivity contribution in [3.63, 3.8) is 0 Å². The first-order chi connectivity index (χ1) is 13.8. The molecule has 0 fully saturated rings. The molecule has 5 rings (SSSR count). The van der Waals surface area contributed by atoms with Crippen molar-refractivity contribution in [1.29, 1.82) is 0 Å². The van der Waals surface area contributed by atoms with Crippen molar-refractivity contribution in [2.75, 3.05) is 0 Å². The number of rotatable bonds is 4. The molecule has 0 amide bonds. The van der Waals surface area contributed by atoms with Crippen molar-refractivity contribution < 1.29 is 9.68 Å². The van der Waals surface area contributed by atoms with Gasteiger partial charge in [-0.15, -0.1) is 11.3 Å². The Bertz CT molecular complexity index is 1290. The smallest absolute Gasteiger partial charge is 0.537 e. The monoisotopic (exact) mass is 379 g/mol. The van der Waals surface area contributed by atoms with E-state index in [1.54, 1.807) is 0 Å². The van der Waals surface area contributed by atoms with Crippen molar-refractivity contribution in [2.24, 2.45) is 0 Å². The van der Waals surface area contributed by atoms with E-state index < -0.39 is 0 Å². The van der Waals surface area contributed by atoms with E-state index in [1.807, 2.05) is 35.6 Å². The van der Waals surface area contributed by atoms with Gasteiger partial charge in [-0.05, 0) is 46.5 Å². The molecule has 0 aliphatic heterocycles. The minimum Gasteiger partial charge on any atom is -0.537 e. The maximum atomic E-state index is 8.89. The molecule has 28 heavy (non-hydrogen) atoms. The average Bonchev–Trinajstić information content (AvgIpc) is 3.13. The first-order valence-electron chi connectivity index (χ1n) is 9.07. The summed E-state index contributed by atoms with van der Waals surface area (Å²) in [5.41, 5.74) is 4.59. The molecular formula is C24H16BO2S. The van der Waals surface area contributed by atoms with Crippen molar-refractivity contribution in [3.05, 3.63) is 91.0 Å². The fraction of sp³-hybridized carbons (Fsp3) is 0. The molecule has 0 spiro atoms. The molecule has 1 N–H and O–H groups in total. The van der Waals surface area contributed by atoms with Crippen molar-refractivity contribution >= 4 is 39.2 Å². The molecule has 1 heterocycles. The molecule has 4 heteroatoms.